The van der Waals surface area contributed by atoms with Gasteiger partial charge in [0.05, 0.1) is 17.6 Å². The zero-order valence-electron chi connectivity index (χ0n) is 15.3. The molecule has 6 heteroatoms. The van der Waals surface area contributed by atoms with Gasteiger partial charge in [-0.05, 0) is 37.3 Å². The summed E-state index contributed by atoms with van der Waals surface area (Å²) in [5, 5.41) is 19.8. The van der Waals surface area contributed by atoms with E-state index in [9.17, 15) is 24.6 Å². The third-order valence-electron chi connectivity index (χ3n) is 5.60. The molecule has 2 aliphatic rings. The monoisotopic (exact) mass is 359 g/mol. The predicted molar refractivity (Wildman–Crippen MR) is 94.4 cm³/mol. The number of ketones is 1. The number of benzene rings is 1. The number of rotatable bonds is 5. The average molecular weight is 359 g/mol. The Kier molecular flexibility index (Phi) is 4.65. The molecule has 1 aliphatic heterocycles. The van der Waals surface area contributed by atoms with Gasteiger partial charge in [-0.3, -0.25) is 14.4 Å². The Morgan fingerprint density at radius 3 is 2.38 bits per heavy atom. The minimum absolute atomic E-state index is 0.0533. The second-order valence-corrected chi connectivity index (χ2v) is 8.14. The molecular formula is C20H25NO5. The first-order valence-corrected chi connectivity index (χ1v) is 9.00. The minimum Gasteiger partial charge on any atom is -0.481 e. The smallest absolute Gasteiger partial charge is 0.307 e. The Morgan fingerprint density at radius 1 is 1.19 bits per heavy atom. The van der Waals surface area contributed by atoms with Crippen LogP contribution in [-0.4, -0.2) is 44.4 Å². The molecule has 1 aromatic rings. The first kappa shape index (κ1) is 18.6. The van der Waals surface area contributed by atoms with Crippen molar-refractivity contribution < 1.29 is 24.6 Å². The number of aliphatic hydroxyl groups is 1. The van der Waals surface area contributed by atoms with Crippen molar-refractivity contribution in [2.75, 3.05) is 0 Å². The maximum absolute atomic E-state index is 13.3. The van der Waals surface area contributed by atoms with Crippen LogP contribution in [0, 0.1) is 17.8 Å². The molecule has 1 saturated carbocycles. The number of carbonyl (C=O) groups excluding carboxylic acids is 2. The Labute approximate surface area is 152 Å². The van der Waals surface area contributed by atoms with Gasteiger partial charge in [-0.15, -0.1) is 0 Å². The van der Waals surface area contributed by atoms with Crippen molar-refractivity contribution in [1.29, 1.82) is 0 Å². The number of Topliss-reactive ketones (excluding diaryl/α,β-unsaturated/α-hetero) is 1. The van der Waals surface area contributed by atoms with Gasteiger partial charge in [-0.25, -0.2) is 0 Å². The van der Waals surface area contributed by atoms with Crippen molar-refractivity contribution in [3.63, 3.8) is 0 Å². The molecule has 0 radical (unpaired) electrons. The molecular weight excluding hydrogens is 334 g/mol. The van der Waals surface area contributed by atoms with Gasteiger partial charge in [0.1, 0.15) is 0 Å². The number of carbonyl (C=O) groups is 3. The fraction of sp³-hybridized carbons (Fsp3) is 0.550. The highest BCUT2D eigenvalue weighted by Crippen LogP contribution is 2.42. The summed E-state index contributed by atoms with van der Waals surface area (Å²) >= 11 is 0. The van der Waals surface area contributed by atoms with Gasteiger partial charge in [0.25, 0.3) is 5.91 Å². The number of amides is 1. The van der Waals surface area contributed by atoms with Crippen LogP contribution < -0.4 is 0 Å². The van der Waals surface area contributed by atoms with Crippen LogP contribution in [-0.2, 0) is 16.1 Å². The summed E-state index contributed by atoms with van der Waals surface area (Å²) in [6, 6.07) is 6.57. The van der Waals surface area contributed by atoms with E-state index in [2.05, 4.69) is 0 Å². The lowest BCUT2D eigenvalue weighted by Gasteiger charge is -2.32. The number of hydrogen-bond donors (Lipinski definition) is 2. The van der Waals surface area contributed by atoms with E-state index in [1.165, 1.54) is 0 Å². The number of carboxylic acid groups (broad SMARTS) is 1. The first-order valence-electron chi connectivity index (χ1n) is 9.00. The average Bonchev–Trinajstić information content (AvgIpc) is 3.05. The van der Waals surface area contributed by atoms with Crippen LogP contribution in [0.4, 0.5) is 0 Å². The number of nitrogens with zero attached hydrogens (tertiary/aromatic N) is 1. The molecule has 4 atom stereocenters. The Balaban J connectivity index is 1.91. The van der Waals surface area contributed by atoms with Crippen molar-refractivity contribution in [3.8, 4) is 0 Å². The van der Waals surface area contributed by atoms with Gasteiger partial charge >= 0.3 is 5.97 Å². The molecule has 1 unspecified atom stereocenters. The Hall–Kier alpha value is -2.21. The zero-order valence-corrected chi connectivity index (χ0v) is 15.3. The largest absolute Gasteiger partial charge is 0.481 e. The molecule has 0 bridgehead atoms. The molecule has 3 rings (SSSR count). The van der Waals surface area contributed by atoms with Crippen molar-refractivity contribution in [3.05, 3.63) is 35.4 Å². The van der Waals surface area contributed by atoms with E-state index in [-0.39, 0.29) is 30.4 Å². The van der Waals surface area contributed by atoms with Gasteiger partial charge < -0.3 is 15.1 Å². The van der Waals surface area contributed by atoms with E-state index in [1.807, 2.05) is 26.0 Å². The number of carboxylic acids is 1. The first-order chi connectivity index (χ1) is 12.1. The highest BCUT2D eigenvalue weighted by atomic mass is 16.4. The molecule has 2 N–H and O–H groups in total. The van der Waals surface area contributed by atoms with Crippen molar-refractivity contribution in [2.45, 2.75) is 51.8 Å². The second kappa shape index (κ2) is 6.50. The van der Waals surface area contributed by atoms with E-state index >= 15 is 0 Å². The van der Waals surface area contributed by atoms with E-state index in [1.54, 1.807) is 24.0 Å². The molecule has 1 aliphatic carbocycles. The summed E-state index contributed by atoms with van der Waals surface area (Å²) < 4.78 is 0. The van der Waals surface area contributed by atoms with Crippen LogP contribution in [0.2, 0.25) is 0 Å². The fourth-order valence-electron chi connectivity index (χ4n) is 4.44. The van der Waals surface area contributed by atoms with Crippen LogP contribution >= 0.6 is 0 Å². The fourth-order valence-corrected chi connectivity index (χ4v) is 4.44. The Morgan fingerprint density at radius 2 is 1.81 bits per heavy atom. The maximum atomic E-state index is 13.3. The molecule has 140 valence electrons. The van der Waals surface area contributed by atoms with Crippen LogP contribution in [0.3, 0.4) is 0 Å². The zero-order chi connectivity index (χ0) is 19.2. The summed E-state index contributed by atoms with van der Waals surface area (Å²) in [6.07, 6.45) is 0.165. The SMILES string of the molecule is CC(C)[C@@H](C(=O)C1C[C@](C)(O)C[C@H]1C(=O)O)N1Cc2ccccc2C1=O. The summed E-state index contributed by atoms with van der Waals surface area (Å²) in [4.78, 5) is 39.3. The quantitative estimate of drug-likeness (QED) is 0.839. The third kappa shape index (κ3) is 3.14. The summed E-state index contributed by atoms with van der Waals surface area (Å²) in [5.41, 5.74) is 0.298. The highest BCUT2D eigenvalue weighted by Gasteiger charge is 2.51. The predicted octanol–water partition coefficient (Wildman–Crippen LogP) is 2.10. The van der Waals surface area contributed by atoms with Gasteiger partial charge in [0.15, 0.2) is 5.78 Å². The van der Waals surface area contributed by atoms with Crippen LogP contribution in [0.15, 0.2) is 24.3 Å². The standard InChI is InChI=1S/C20H25NO5/c1-11(2)16(21-10-12-6-4-5-7-13(12)18(21)23)17(22)14-8-20(3,26)9-15(14)19(24)25/h4-7,11,14-16,26H,8-10H2,1-3H3,(H,24,25)/t14?,15-,16+,20+/m1/s1. The molecule has 6 nitrogen and oxygen atoms in total. The third-order valence-corrected chi connectivity index (χ3v) is 5.60. The molecule has 0 spiro atoms. The molecule has 1 aromatic carbocycles. The lowest BCUT2D eigenvalue weighted by molar-refractivity contribution is -0.147. The van der Waals surface area contributed by atoms with Gasteiger partial charge in [0.2, 0.25) is 0 Å². The summed E-state index contributed by atoms with van der Waals surface area (Å²) in [7, 11) is 0. The van der Waals surface area contributed by atoms with Crippen LogP contribution in [0.25, 0.3) is 0 Å². The van der Waals surface area contributed by atoms with Crippen molar-refractivity contribution in [2.24, 2.45) is 17.8 Å². The van der Waals surface area contributed by atoms with Crippen LogP contribution in [0.5, 0.6) is 0 Å². The normalized spacial score (nSPS) is 29.1. The van der Waals surface area contributed by atoms with Crippen LogP contribution in [0.1, 0.15) is 49.5 Å². The van der Waals surface area contributed by atoms with Crippen molar-refractivity contribution in [1.82, 2.24) is 4.90 Å². The molecule has 1 heterocycles. The number of aliphatic carboxylic acids is 1. The molecule has 0 aromatic heterocycles. The molecule has 1 amide bonds. The second-order valence-electron chi connectivity index (χ2n) is 8.14. The lowest BCUT2D eigenvalue weighted by atomic mass is 9.84. The number of hydrogen-bond acceptors (Lipinski definition) is 4. The van der Waals surface area contributed by atoms with Gasteiger partial charge in [-0.1, -0.05) is 32.0 Å². The number of fused-ring (bicyclic) bond motifs is 1. The van der Waals surface area contributed by atoms with E-state index in [4.69, 9.17) is 0 Å². The van der Waals surface area contributed by atoms with Crippen molar-refractivity contribution >= 4 is 17.7 Å². The van der Waals surface area contributed by atoms with E-state index < -0.39 is 29.4 Å². The molecule has 0 saturated heterocycles. The minimum atomic E-state index is -1.18. The van der Waals surface area contributed by atoms with Gasteiger partial charge in [0, 0.05) is 18.0 Å². The summed E-state index contributed by atoms with van der Waals surface area (Å²) in [6.45, 7) is 5.64. The lowest BCUT2D eigenvalue weighted by Crippen LogP contribution is -2.48. The highest BCUT2D eigenvalue weighted by molar-refractivity contribution is 6.02. The Bertz CT molecular complexity index is 754. The van der Waals surface area contributed by atoms with Gasteiger partial charge in [-0.2, -0.15) is 0 Å². The van der Waals surface area contributed by atoms with E-state index in [0.717, 1.165) is 5.56 Å². The topological polar surface area (TPSA) is 94.9 Å². The molecule has 26 heavy (non-hydrogen) atoms. The molecule has 1 fully saturated rings. The summed E-state index contributed by atoms with van der Waals surface area (Å²) in [5.74, 6) is -3.37. The van der Waals surface area contributed by atoms with E-state index in [0.29, 0.717) is 12.1 Å². The maximum Gasteiger partial charge on any atom is 0.307 e.